The van der Waals surface area contributed by atoms with E-state index >= 15 is 0 Å². The van der Waals surface area contributed by atoms with Gasteiger partial charge in [-0.15, -0.1) is 0 Å². The number of phenols is 1. The summed E-state index contributed by atoms with van der Waals surface area (Å²) >= 11 is 11.9. The van der Waals surface area contributed by atoms with Crippen LogP contribution in [0, 0.1) is 0 Å². The first-order valence-electron chi connectivity index (χ1n) is 7.18. The standard InChI is InChI=1S/C16H18Cl2N2O3S/c1-24(22,23)20-15-8-11(2-3-16(15)21)4-5-19-10-12-6-13(17)9-14(18)7-12/h2-3,6-9,19-21H,4-5,10H2,1H3. The van der Waals surface area contributed by atoms with Crippen LogP contribution >= 0.6 is 23.2 Å². The lowest BCUT2D eigenvalue weighted by atomic mass is 10.1. The summed E-state index contributed by atoms with van der Waals surface area (Å²) in [7, 11) is -3.44. The number of sulfonamides is 1. The quantitative estimate of drug-likeness (QED) is 0.501. The summed E-state index contributed by atoms with van der Waals surface area (Å²) < 4.78 is 24.9. The zero-order valence-electron chi connectivity index (χ0n) is 13.0. The highest BCUT2D eigenvalue weighted by molar-refractivity contribution is 7.92. The van der Waals surface area contributed by atoms with Gasteiger partial charge >= 0.3 is 0 Å². The van der Waals surface area contributed by atoms with Crippen LogP contribution in [0.25, 0.3) is 0 Å². The number of nitrogens with one attached hydrogen (secondary N) is 2. The maximum Gasteiger partial charge on any atom is 0.229 e. The molecule has 0 aliphatic rings. The SMILES string of the molecule is CS(=O)(=O)Nc1cc(CCNCc2cc(Cl)cc(Cl)c2)ccc1O. The average molecular weight is 389 g/mol. The molecule has 0 atom stereocenters. The Morgan fingerprint density at radius 2 is 1.71 bits per heavy atom. The molecule has 0 spiro atoms. The predicted octanol–water partition coefficient (Wildman–Crippen LogP) is 3.40. The number of aromatic hydroxyl groups is 1. The van der Waals surface area contributed by atoms with Gasteiger partial charge in [-0.05, 0) is 54.4 Å². The van der Waals surface area contributed by atoms with Gasteiger partial charge in [-0.25, -0.2) is 8.42 Å². The Morgan fingerprint density at radius 1 is 1.04 bits per heavy atom. The number of rotatable bonds is 7. The van der Waals surface area contributed by atoms with E-state index < -0.39 is 10.0 Å². The molecule has 2 rings (SSSR count). The fraction of sp³-hybridized carbons (Fsp3) is 0.250. The first kappa shape index (κ1) is 18.9. The second kappa shape index (κ2) is 8.07. The van der Waals surface area contributed by atoms with Crippen molar-refractivity contribution >= 4 is 38.9 Å². The van der Waals surface area contributed by atoms with E-state index in [1.165, 1.54) is 6.07 Å². The zero-order chi connectivity index (χ0) is 17.7. The Kier molecular flexibility index (Phi) is 6.34. The maximum absolute atomic E-state index is 11.3. The molecular weight excluding hydrogens is 371 g/mol. The van der Waals surface area contributed by atoms with E-state index in [0.29, 0.717) is 29.6 Å². The molecule has 130 valence electrons. The van der Waals surface area contributed by atoms with E-state index in [1.807, 2.05) is 12.1 Å². The van der Waals surface area contributed by atoms with Gasteiger partial charge in [0.2, 0.25) is 10.0 Å². The van der Waals surface area contributed by atoms with Crippen LogP contribution < -0.4 is 10.0 Å². The molecule has 2 aromatic rings. The first-order chi connectivity index (χ1) is 11.2. The monoisotopic (exact) mass is 388 g/mol. The lowest BCUT2D eigenvalue weighted by molar-refractivity contribution is 0.477. The summed E-state index contributed by atoms with van der Waals surface area (Å²) in [4.78, 5) is 0. The second-order valence-corrected chi connectivity index (χ2v) is 8.05. The average Bonchev–Trinajstić information content (AvgIpc) is 2.44. The van der Waals surface area contributed by atoms with Crippen LogP contribution in [0.15, 0.2) is 36.4 Å². The second-order valence-electron chi connectivity index (χ2n) is 5.43. The number of anilines is 1. The van der Waals surface area contributed by atoms with Crippen molar-refractivity contribution in [3.8, 4) is 5.75 Å². The number of benzene rings is 2. The van der Waals surface area contributed by atoms with E-state index in [9.17, 15) is 13.5 Å². The Balaban J connectivity index is 1.91. The van der Waals surface area contributed by atoms with Gasteiger partial charge < -0.3 is 10.4 Å². The Hall–Kier alpha value is -1.47. The Morgan fingerprint density at radius 3 is 2.33 bits per heavy atom. The molecule has 0 heterocycles. The molecule has 3 N–H and O–H groups in total. The molecule has 0 radical (unpaired) electrons. The molecule has 0 aliphatic carbocycles. The van der Waals surface area contributed by atoms with Crippen molar-refractivity contribution in [3.05, 3.63) is 57.6 Å². The molecule has 2 aromatic carbocycles. The molecule has 8 heteroatoms. The topological polar surface area (TPSA) is 78.4 Å². The number of hydrogen-bond donors (Lipinski definition) is 3. The van der Waals surface area contributed by atoms with Gasteiger partial charge in [-0.2, -0.15) is 0 Å². The highest BCUT2D eigenvalue weighted by Crippen LogP contribution is 2.25. The molecule has 0 bridgehead atoms. The minimum atomic E-state index is -3.44. The van der Waals surface area contributed by atoms with E-state index in [-0.39, 0.29) is 11.4 Å². The third-order valence-corrected chi connectivity index (χ3v) is 4.23. The summed E-state index contributed by atoms with van der Waals surface area (Å²) in [6.07, 6.45) is 1.71. The van der Waals surface area contributed by atoms with Gasteiger partial charge in [0.05, 0.1) is 11.9 Å². The third kappa shape index (κ3) is 6.20. The molecule has 0 amide bonds. The molecule has 0 aliphatic heterocycles. The largest absolute Gasteiger partial charge is 0.506 e. The fourth-order valence-corrected chi connectivity index (χ4v) is 3.33. The molecular formula is C16H18Cl2N2O3S. The number of phenolic OH excluding ortho intramolecular Hbond substituents is 1. The van der Waals surface area contributed by atoms with Crippen molar-refractivity contribution in [2.45, 2.75) is 13.0 Å². The normalized spacial score (nSPS) is 11.5. The highest BCUT2D eigenvalue weighted by Gasteiger charge is 2.08. The van der Waals surface area contributed by atoms with Crippen LogP contribution in [-0.2, 0) is 23.0 Å². The van der Waals surface area contributed by atoms with Crippen molar-refractivity contribution < 1.29 is 13.5 Å². The van der Waals surface area contributed by atoms with Gasteiger partial charge in [0.25, 0.3) is 0 Å². The number of halogens is 2. The predicted molar refractivity (Wildman–Crippen MR) is 98.4 cm³/mol. The van der Waals surface area contributed by atoms with Gasteiger partial charge in [0, 0.05) is 16.6 Å². The molecule has 0 saturated heterocycles. The molecule has 0 aromatic heterocycles. The third-order valence-electron chi connectivity index (χ3n) is 3.20. The van der Waals surface area contributed by atoms with E-state index in [2.05, 4.69) is 10.0 Å². The molecule has 24 heavy (non-hydrogen) atoms. The highest BCUT2D eigenvalue weighted by atomic mass is 35.5. The lowest BCUT2D eigenvalue weighted by Crippen LogP contribution is -2.17. The summed E-state index contributed by atoms with van der Waals surface area (Å²) in [6.45, 7) is 1.29. The van der Waals surface area contributed by atoms with Gasteiger partial charge in [-0.1, -0.05) is 29.3 Å². The molecule has 0 unspecified atom stereocenters. The smallest absolute Gasteiger partial charge is 0.229 e. The van der Waals surface area contributed by atoms with E-state index in [0.717, 1.165) is 17.4 Å². The van der Waals surface area contributed by atoms with Crippen molar-refractivity contribution in [2.75, 3.05) is 17.5 Å². The van der Waals surface area contributed by atoms with E-state index in [4.69, 9.17) is 23.2 Å². The summed E-state index contributed by atoms with van der Waals surface area (Å²) in [5, 5.41) is 14.2. The zero-order valence-corrected chi connectivity index (χ0v) is 15.3. The van der Waals surface area contributed by atoms with Crippen LogP contribution in [0.3, 0.4) is 0 Å². The number of hydrogen-bond acceptors (Lipinski definition) is 4. The van der Waals surface area contributed by atoms with Crippen molar-refractivity contribution in [2.24, 2.45) is 0 Å². The Labute approximate surface area is 151 Å². The summed E-state index contributed by atoms with van der Waals surface area (Å²) in [5.74, 6) is -0.106. The Bertz CT molecular complexity index is 806. The molecule has 0 saturated carbocycles. The van der Waals surface area contributed by atoms with Crippen LogP contribution in [0.5, 0.6) is 5.75 Å². The van der Waals surface area contributed by atoms with Crippen molar-refractivity contribution in [1.82, 2.24) is 5.32 Å². The summed E-state index contributed by atoms with van der Waals surface area (Å²) in [6, 6.07) is 10.2. The minimum Gasteiger partial charge on any atom is -0.506 e. The van der Waals surface area contributed by atoms with Crippen molar-refractivity contribution in [1.29, 1.82) is 0 Å². The van der Waals surface area contributed by atoms with Gasteiger partial charge in [-0.3, -0.25) is 4.72 Å². The van der Waals surface area contributed by atoms with Gasteiger partial charge in [0.1, 0.15) is 5.75 Å². The van der Waals surface area contributed by atoms with Crippen LogP contribution in [-0.4, -0.2) is 26.3 Å². The fourth-order valence-electron chi connectivity index (χ4n) is 2.20. The maximum atomic E-state index is 11.3. The summed E-state index contributed by atoms with van der Waals surface area (Å²) in [5.41, 5.74) is 2.06. The molecule has 5 nitrogen and oxygen atoms in total. The van der Waals surface area contributed by atoms with Crippen LogP contribution in [0.4, 0.5) is 5.69 Å². The molecule has 0 fully saturated rings. The lowest BCUT2D eigenvalue weighted by Gasteiger charge is -2.10. The minimum absolute atomic E-state index is 0.106. The van der Waals surface area contributed by atoms with Gasteiger partial charge in [0.15, 0.2) is 0 Å². The first-order valence-corrected chi connectivity index (χ1v) is 9.83. The van der Waals surface area contributed by atoms with Crippen molar-refractivity contribution in [3.63, 3.8) is 0 Å². The van der Waals surface area contributed by atoms with E-state index in [1.54, 1.807) is 18.2 Å². The van der Waals surface area contributed by atoms with Crippen LogP contribution in [0.1, 0.15) is 11.1 Å². The van der Waals surface area contributed by atoms with Crippen LogP contribution in [0.2, 0.25) is 10.0 Å².